The highest BCUT2D eigenvalue weighted by Crippen LogP contribution is 2.20. The van der Waals surface area contributed by atoms with Gasteiger partial charge in [-0.3, -0.25) is 0 Å². The monoisotopic (exact) mass is 222 g/mol. The molecular weight excluding hydrogens is 215 g/mol. The predicted molar refractivity (Wildman–Crippen MR) is 47.3 cm³/mol. The largest absolute Gasteiger partial charge is 0.400 e. The normalized spacial score (nSPS) is 8.00. The van der Waals surface area contributed by atoms with Crippen LogP contribution in [-0.2, 0) is 0 Å². The molecule has 3 heteroatoms. The van der Waals surface area contributed by atoms with E-state index in [0.717, 1.165) is 16.6 Å². The smallest absolute Gasteiger partial charge is 0.0548 e. The van der Waals surface area contributed by atoms with E-state index in [1.807, 2.05) is 24.3 Å². The summed E-state index contributed by atoms with van der Waals surface area (Å²) in [6.07, 6.45) is 0. The van der Waals surface area contributed by atoms with E-state index in [4.69, 9.17) is 16.7 Å². The summed E-state index contributed by atoms with van der Waals surface area (Å²) in [5.41, 5.74) is 0. The number of aliphatic hydroxyl groups excluding tert-OH is 1. The Morgan fingerprint density at radius 1 is 1.30 bits per heavy atom. The Hall–Kier alpha value is -0.0500. The molecule has 0 heterocycles. The zero-order chi connectivity index (χ0) is 7.98. The fourth-order valence-electron chi connectivity index (χ4n) is 0.439. The molecule has 1 N–H and O–H groups in total. The van der Waals surface area contributed by atoms with Gasteiger partial charge in [0.05, 0.1) is 5.02 Å². The van der Waals surface area contributed by atoms with E-state index in [-0.39, 0.29) is 0 Å². The number of hydrogen-bond acceptors (Lipinski definition) is 1. The predicted octanol–water partition coefficient (Wildman–Crippen LogP) is 2.71. The fourth-order valence-corrected chi connectivity index (χ4v) is 0.860. The van der Waals surface area contributed by atoms with Crippen molar-refractivity contribution in [2.24, 2.45) is 0 Å². The molecule has 0 spiro atoms. The molecule has 0 aliphatic carbocycles. The second kappa shape index (κ2) is 5.71. The van der Waals surface area contributed by atoms with Crippen LogP contribution in [-0.4, -0.2) is 12.2 Å². The summed E-state index contributed by atoms with van der Waals surface area (Å²) in [6, 6.07) is 7.57. The minimum atomic E-state index is 0.757. The minimum absolute atomic E-state index is 0.757. The Labute approximate surface area is 73.8 Å². The maximum atomic E-state index is 7.00. The highest BCUT2D eigenvalue weighted by molar-refractivity contribution is 9.10. The van der Waals surface area contributed by atoms with Crippen molar-refractivity contribution in [2.75, 3.05) is 7.11 Å². The summed E-state index contributed by atoms with van der Waals surface area (Å²) >= 11 is 8.93. The van der Waals surface area contributed by atoms with E-state index in [0.29, 0.717) is 0 Å². The Balaban J connectivity index is 0.000000371. The van der Waals surface area contributed by atoms with Crippen LogP contribution in [0.25, 0.3) is 0 Å². The lowest BCUT2D eigenvalue weighted by Crippen LogP contribution is -1.62. The van der Waals surface area contributed by atoms with Crippen molar-refractivity contribution in [3.8, 4) is 0 Å². The second-order valence-electron chi connectivity index (χ2n) is 1.41. The third-order valence-corrected chi connectivity index (χ3v) is 2.07. The van der Waals surface area contributed by atoms with Gasteiger partial charge in [0.15, 0.2) is 0 Å². The van der Waals surface area contributed by atoms with Crippen molar-refractivity contribution < 1.29 is 5.11 Å². The molecule has 1 aromatic carbocycles. The molecule has 0 saturated carbocycles. The molecule has 0 amide bonds. The molecule has 0 atom stereocenters. The molecule has 56 valence electrons. The molecule has 0 bridgehead atoms. The van der Waals surface area contributed by atoms with Crippen LogP contribution in [0.5, 0.6) is 0 Å². The summed E-state index contributed by atoms with van der Waals surface area (Å²) in [5, 5.41) is 7.76. The van der Waals surface area contributed by atoms with E-state index in [1.165, 1.54) is 0 Å². The summed E-state index contributed by atoms with van der Waals surface area (Å²) in [4.78, 5) is 0. The first-order valence-corrected chi connectivity index (χ1v) is 3.82. The summed E-state index contributed by atoms with van der Waals surface area (Å²) in [6.45, 7) is 0. The topological polar surface area (TPSA) is 20.2 Å². The first-order valence-electron chi connectivity index (χ1n) is 2.65. The van der Waals surface area contributed by atoms with Gasteiger partial charge in [-0.1, -0.05) is 23.7 Å². The Morgan fingerprint density at radius 2 is 1.80 bits per heavy atom. The Morgan fingerprint density at radius 3 is 2.10 bits per heavy atom. The van der Waals surface area contributed by atoms with E-state index in [9.17, 15) is 0 Å². The van der Waals surface area contributed by atoms with Crippen molar-refractivity contribution in [3.05, 3.63) is 33.8 Å². The molecule has 1 aromatic rings. The first-order chi connectivity index (χ1) is 4.80. The van der Waals surface area contributed by atoms with Crippen molar-refractivity contribution in [1.82, 2.24) is 0 Å². The van der Waals surface area contributed by atoms with Crippen LogP contribution in [0.2, 0.25) is 5.02 Å². The molecule has 1 nitrogen and oxygen atoms in total. The number of halogens is 2. The van der Waals surface area contributed by atoms with Crippen LogP contribution >= 0.6 is 27.5 Å². The first kappa shape index (κ1) is 9.95. The number of rotatable bonds is 0. The number of hydrogen-bond donors (Lipinski definition) is 1. The van der Waals surface area contributed by atoms with Gasteiger partial charge in [-0.15, -0.1) is 0 Å². The maximum absolute atomic E-state index is 7.00. The molecule has 0 saturated heterocycles. The second-order valence-corrected chi connectivity index (χ2v) is 2.68. The van der Waals surface area contributed by atoms with E-state index in [1.54, 1.807) is 0 Å². The zero-order valence-corrected chi connectivity index (χ0v) is 7.85. The standard InChI is InChI=1S/C6H4BrCl.CH4O/c7-5-3-1-2-4-6(5)8;1-2/h1-4H;2H,1H3. The maximum Gasteiger partial charge on any atom is 0.0548 e. The van der Waals surface area contributed by atoms with Gasteiger partial charge < -0.3 is 5.11 Å². The number of benzene rings is 1. The summed E-state index contributed by atoms with van der Waals surface area (Å²) in [5.74, 6) is 0. The lowest BCUT2D eigenvalue weighted by atomic mass is 10.4. The molecule has 0 aromatic heterocycles. The molecule has 0 radical (unpaired) electrons. The zero-order valence-electron chi connectivity index (χ0n) is 5.51. The fraction of sp³-hybridized carbons (Fsp3) is 0.143. The van der Waals surface area contributed by atoms with Crippen LogP contribution in [0, 0.1) is 0 Å². The average molecular weight is 223 g/mol. The lowest BCUT2D eigenvalue weighted by Gasteiger charge is -1.88. The van der Waals surface area contributed by atoms with E-state index >= 15 is 0 Å². The van der Waals surface area contributed by atoms with Gasteiger partial charge in [0, 0.05) is 11.6 Å². The van der Waals surface area contributed by atoms with Gasteiger partial charge in [-0.05, 0) is 28.1 Å². The molecule has 0 unspecified atom stereocenters. The summed E-state index contributed by atoms with van der Waals surface area (Å²) < 4.78 is 0.946. The Kier molecular flexibility index (Phi) is 5.69. The van der Waals surface area contributed by atoms with Gasteiger partial charge in [0.2, 0.25) is 0 Å². The third kappa shape index (κ3) is 3.20. The molecule has 1 rings (SSSR count). The summed E-state index contributed by atoms with van der Waals surface area (Å²) in [7, 11) is 1.00. The van der Waals surface area contributed by atoms with Gasteiger partial charge >= 0.3 is 0 Å². The van der Waals surface area contributed by atoms with Crippen molar-refractivity contribution in [2.45, 2.75) is 0 Å². The number of aliphatic hydroxyl groups is 1. The van der Waals surface area contributed by atoms with Crippen LogP contribution in [0.15, 0.2) is 28.7 Å². The van der Waals surface area contributed by atoms with Crippen LogP contribution in [0.4, 0.5) is 0 Å². The van der Waals surface area contributed by atoms with Gasteiger partial charge in [0.1, 0.15) is 0 Å². The van der Waals surface area contributed by atoms with E-state index < -0.39 is 0 Å². The van der Waals surface area contributed by atoms with Crippen LogP contribution in [0.3, 0.4) is 0 Å². The molecule has 0 aliphatic rings. The lowest BCUT2D eigenvalue weighted by molar-refractivity contribution is 0.399. The van der Waals surface area contributed by atoms with Crippen molar-refractivity contribution in [1.29, 1.82) is 0 Å². The van der Waals surface area contributed by atoms with E-state index in [2.05, 4.69) is 15.9 Å². The molecular formula is C7H8BrClO. The quantitative estimate of drug-likeness (QED) is 0.717. The third-order valence-electron chi connectivity index (χ3n) is 0.824. The molecule has 10 heavy (non-hydrogen) atoms. The SMILES string of the molecule is CO.Clc1ccccc1Br. The minimum Gasteiger partial charge on any atom is -0.400 e. The van der Waals surface area contributed by atoms with Crippen LogP contribution < -0.4 is 0 Å². The molecule has 0 aliphatic heterocycles. The van der Waals surface area contributed by atoms with Gasteiger partial charge in [0.25, 0.3) is 0 Å². The highest BCUT2D eigenvalue weighted by Gasteiger charge is 1.88. The molecule has 0 fully saturated rings. The highest BCUT2D eigenvalue weighted by atomic mass is 79.9. The van der Waals surface area contributed by atoms with Crippen LogP contribution in [0.1, 0.15) is 0 Å². The van der Waals surface area contributed by atoms with Gasteiger partial charge in [-0.2, -0.15) is 0 Å². The van der Waals surface area contributed by atoms with Gasteiger partial charge in [-0.25, -0.2) is 0 Å². The van der Waals surface area contributed by atoms with Crippen molar-refractivity contribution >= 4 is 27.5 Å². The Bertz CT molecular complexity index is 170. The average Bonchev–Trinajstić information content (AvgIpc) is 2.00. The van der Waals surface area contributed by atoms with Crippen molar-refractivity contribution in [3.63, 3.8) is 0 Å².